The van der Waals surface area contributed by atoms with Gasteiger partial charge in [-0.2, -0.15) is 0 Å². The molecule has 2 nitrogen and oxygen atoms in total. The standard InChI is InChI=1S/C16H15BrClNO/c1-9-3-2-4-12(14(9)17)15(19)13-8-11(18)7-10-5-6-20-16(10)13/h2-4,7-8,15H,5-6,19H2,1H3. The second-order valence-electron chi connectivity index (χ2n) is 5.04. The number of rotatable bonds is 2. The zero-order valence-electron chi connectivity index (χ0n) is 11.1. The van der Waals surface area contributed by atoms with Gasteiger partial charge in [-0.05, 0) is 35.7 Å². The van der Waals surface area contributed by atoms with Crippen molar-refractivity contribution in [3.8, 4) is 5.75 Å². The summed E-state index contributed by atoms with van der Waals surface area (Å²) in [5, 5.41) is 0.712. The van der Waals surface area contributed by atoms with E-state index in [1.165, 1.54) is 0 Å². The van der Waals surface area contributed by atoms with Crippen LogP contribution in [0.4, 0.5) is 0 Å². The molecule has 0 saturated carbocycles. The minimum Gasteiger partial charge on any atom is -0.493 e. The van der Waals surface area contributed by atoms with Gasteiger partial charge in [-0.25, -0.2) is 0 Å². The molecular formula is C16H15BrClNO. The highest BCUT2D eigenvalue weighted by Gasteiger charge is 2.23. The Kier molecular flexibility index (Phi) is 3.76. The van der Waals surface area contributed by atoms with Crippen LogP contribution in [0.25, 0.3) is 0 Å². The van der Waals surface area contributed by atoms with Crippen molar-refractivity contribution in [2.45, 2.75) is 19.4 Å². The molecule has 0 aromatic heterocycles. The number of aryl methyl sites for hydroxylation is 1. The summed E-state index contributed by atoms with van der Waals surface area (Å²) < 4.78 is 6.78. The average molecular weight is 353 g/mol. The Bertz CT molecular complexity index is 672. The van der Waals surface area contributed by atoms with Gasteiger partial charge in [0.2, 0.25) is 0 Å². The van der Waals surface area contributed by atoms with Gasteiger partial charge in [-0.1, -0.05) is 45.7 Å². The molecule has 1 aliphatic heterocycles. The van der Waals surface area contributed by atoms with Crippen LogP contribution in [0.2, 0.25) is 5.02 Å². The first-order valence-electron chi connectivity index (χ1n) is 6.53. The molecule has 4 heteroatoms. The molecule has 0 spiro atoms. The first kappa shape index (κ1) is 13.9. The monoisotopic (exact) mass is 351 g/mol. The molecule has 104 valence electrons. The van der Waals surface area contributed by atoms with Crippen molar-refractivity contribution in [3.63, 3.8) is 0 Å². The molecule has 0 saturated heterocycles. The van der Waals surface area contributed by atoms with Gasteiger partial charge < -0.3 is 10.5 Å². The highest BCUT2D eigenvalue weighted by molar-refractivity contribution is 9.10. The number of hydrogen-bond acceptors (Lipinski definition) is 2. The van der Waals surface area contributed by atoms with Crippen LogP contribution in [0.3, 0.4) is 0 Å². The molecule has 2 aromatic rings. The van der Waals surface area contributed by atoms with Crippen molar-refractivity contribution in [2.24, 2.45) is 5.73 Å². The van der Waals surface area contributed by atoms with Crippen LogP contribution in [0.1, 0.15) is 28.3 Å². The lowest BCUT2D eigenvalue weighted by Crippen LogP contribution is -2.14. The maximum atomic E-state index is 6.46. The number of ether oxygens (including phenoxy) is 1. The van der Waals surface area contributed by atoms with Gasteiger partial charge in [0, 0.05) is 21.5 Å². The highest BCUT2D eigenvalue weighted by atomic mass is 79.9. The van der Waals surface area contributed by atoms with Crippen molar-refractivity contribution < 1.29 is 4.74 Å². The Morgan fingerprint density at radius 3 is 2.90 bits per heavy atom. The number of hydrogen-bond donors (Lipinski definition) is 1. The Morgan fingerprint density at radius 2 is 2.10 bits per heavy atom. The fourth-order valence-electron chi connectivity index (χ4n) is 2.61. The summed E-state index contributed by atoms with van der Waals surface area (Å²) in [6.45, 7) is 2.75. The lowest BCUT2D eigenvalue weighted by Gasteiger charge is -2.18. The van der Waals surface area contributed by atoms with Crippen LogP contribution in [0, 0.1) is 6.92 Å². The van der Waals surface area contributed by atoms with E-state index in [0.29, 0.717) is 11.6 Å². The van der Waals surface area contributed by atoms with E-state index < -0.39 is 0 Å². The van der Waals surface area contributed by atoms with E-state index in [1.807, 2.05) is 24.3 Å². The molecule has 0 fully saturated rings. The van der Waals surface area contributed by atoms with E-state index >= 15 is 0 Å². The molecule has 2 aromatic carbocycles. The van der Waals surface area contributed by atoms with E-state index in [1.54, 1.807) is 0 Å². The highest BCUT2D eigenvalue weighted by Crippen LogP contribution is 2.39. The van der Waals surface area contributed by atoms with Gasteiger partial charge in [0.1, 0.15) is 5.75 Å². The lowest BCUT2D eigenvalue weighted by atomic mass is 9.95. The molecule has 0 amide bonds. The maximum absolute atomic E-state index is 6.46. The van der Waals surface area contributed by atoms with E-state index in [-0.39, 0.29) is 6.04 Å². The second kappa shape index (κ2) is 5.40. The summed E-state index contributed by atoms with van der Waals surface area (Å²) in [6.07, 6.45) is 0.893. The van der Waals surface area contributed by atoms with Crippen molar-refractivity contribution in [1.29, 1.82) is 0 Å². The van der Waals surface area contributed by atoms with Gasteiger partial charge in [-0.15, -0.1) is 0 Å². The molecule has 3 rings (SSSR count). The first-order chi connectivity index (χ1) is 9.58. The van der Waals surface area contributed by atoms with E-state index in [4.69, 9.17) is 22.1 Å². The van der Waals surface area contributed by atoms with Crippen LogP contribution < -0.4 is 10.5 Å². The predicted octanol–water partition coefficient (Wildman–Crippen LogP) is 4.39. The number of halogens is 2. The van der Waals surface area contributed by atoms with Gasteiger partial charge >= 0.3 is 0 Å². The third kappa shape index (κ3) is 2.34. The van der Waals surface area contributed by atoms with Gasteiger partial charge in [0.25, 0.3) is 0 Å². The lowest BCUT2D eigenvalue weighted by molar-refractivity contribution is 0.352. The Hall–Kier alpha value is -1.03. The molecule has 1 atom stereocenters. The SMILES string of the molecule is Cc1cccc(C(N)c2cc(Cl)cc3c2OCC3)c1Br. The van der Waals surface area contributed by atoms with Crippen molar-refractivity contribution >= 4 is 27.5 Å². The summed E-state index contributed by atoms with van der Waals surface area (Å²) in [7, 11) is 0. The molecule has 0 radical (unpaired) electrons. The van der Waals surface area contributed by atoms with Crippen LogP contribution >= 0.6 is 27.5 Å². The van der Waals surface area contributed by atoms with Crippen LogP contribution in [0.15, 0.2) is 34.8 Å². The molecule has 0 aliphatic carbocycles. The van der Waals surface area contributed by atoms with Crippen LogP contribution in [-0.2, 0) is 6.42 Å². The van der Waals surface area contributed by atoms with Crippen LogP contribution in [0.5, 0.6) is 5.75 Å². The Labute approximate surface area is 132 Å². The number of nitrogens with two attached hydrogens (primary N) is 1. The minimum absolute atomic E-state index is 0.255. The largest absolute Gasteiger partial charge is 0.493 e. The summed E-state index contributed by atoms with van der Waals surface area (Å²) in [5.41, 5.74) is 10.8. The fourth-order valence-corrected chi connectivity index (χ4v) is 3.37. The first-order valence-corrected chi connectivity index (χ1v) is 7.70. The third-order valence-electron chi connectivity index (χ3n) is 3.67. The van der Waals surface area contributed by atoms with Crippen molar-refractivity contribution in [3.05, 3.63) is 62.1 Å². The molecule has 1 unspecified atom stereocenters. The molecule has 0 bridgehead atoms. The predicted molar refractivity (Wildman–Crippen MR) is 85.6 cm³/mol. The Morgan fingerprint density at radius 1 is 1.30 bits per heavy atom. The Balaban J connectivity index is 2.11. The van der Waals surface area contributed by atoms with E-state index in [2.05, 4.69) is 28.9 Å². The van der Waals surface area contributed by atoms with Crippen molar-refractivity contribution in [1.82, 2.24) is 0 Å². The van der Waals surface area contributed by atoms with Gasteiger partial charge in [-0.3, -0.25) is 0 Å². The molecule has 20 heavy (non-hydrogen) atoms. The summed E-state index contributed by atoms with van der Waals surface area (Å²) in [6, 6.07) is 9.72. The minimum atomic E-state index is -0.255. The fraction of sp³-hybridized carbons (Fsp3) is 0.250. The summed E-state index contributed by atoms with van der Waals surface area (Å²) >= 11 is 9.83. The molecule has 1 aliphatic rings. The normalized spacial score (nSPS) is 14.8. The zero-order chi connectivity index (χ0) is 14.3. The van der Waals surface area contributed by atoms with Gasteiger partial charge in [0.05, 0.1) is 12.6 Å². The summed E-state index contributed by atoms with van der Waals surface area (Å²) in [4.78, 5) is 0. The second-order valence-corrected chi connectivity index (χ2v) is 6.27. The quantitative estimate of drug-likeness (QED) is 0.870. The number of fused-ring (bicyclic) bond motifs is 1. The molecule has 1 heterocycles. The smallest absolute Gasteiger partial charge is 0.127 e. The van der Waals surface area contributed by atoms with E-state index in [9.17, 15) is 0 Å². The molecule has 2 N–H and O–H groups in total. The topological polar surface area (TPSA) is 35.2 Å². The van der Waals surface area contributed by atoms with E-state index in [0.717, 1.165) is 38.9 Å². The average Bonchev–Trinajstić information content (AvgIpc) is 2.88. The summed E-state index contributed by atoms with van der Waals surface area (Å²) in [5.74, 6) is 0.898. The molecular weight excluding hydrogens is 338 g/mol. The third-order valence-corrected chi connectivity index (χ3v) is 4.97. The van der Waals surface area contributed by atoms with Gasteiger partial charge in [0.15, 0.2) is 0 Å². The van der Waals surface area contributed by atoms with Crippen molar-refractivity contribution in [2.75, 3.05) is 6.61 Å². The zero-order valence-corrected chi connectivity index (χ0v) is 13.5. The van der Waals surface area contributed by atoms with Crippen LogP contribution in [-0.4, -0.2) is 6.61 Å². The number of benzene rings is 2. The maximum Gasteiger partial charge on any atom is 0.127 e.